The van der Waals surface area contributed by atoms with Crippen molar-refractivity contribution in [2.75, 3.05) is 0 Å². The molecule has 0 aromatic heterocycles. The zero-order chi connectivity index (χ0) is 15.7. The van der Waals surface area contributed by atoms with Gasteiger partial charge in [-0.15, -0.1) is 0 Å². The van der Waals surface area contributed by atoms with Gasteiger partial charge in [0.15, 0.2) is 0 Å². The second kappa shape index (κ2) is 4.52. The zero-order valence-electron chi connectivity index (χ0n) is 13.7. The van der Waals surface area contributed by atoms with Crippen LogP contribution in [0.15, 0.2) is 0 Å². The molecule has 120 valence electrons. The standard InChI is InChI=1S/C19H26O3/c1-18-8-7-12(20)9-11(18)3-4-13-14-5-6-16(22)19(14,2)10-15(21)17(13)18/h11,13-14,17H,3-10H2,1-2H3/t11-,13-,14-,17+,18?,19?/m0/s1. The molecule has 3 nitrogen and oxygen atoms in total. The Labute approximate surface area is 132 Å². The molecule has 0 radical (unpaired) electrons. The van der Waals surface area contributed by atoms with Gasteiger partial charge in [0.05, 0.1) is 0 Å². The zero-order valence-corrected chi connectivity index (χ0v) is 13.7. The third-order valence-electron chi connectivity index (χ3n) is 7.88. The van der Waals surface area contributed by atoms with E-state index in [0.29, 0.717) is 60.8 Å². The maximum atomic E-state index is 13.0. The third-order valence-corrected chi connectivity index (χ3v) is 7.88. The van der Waals surface area contributed by atoms with Crippen LogP contribution in [0.5, 0.6) is 0 Å². The van der Waals surface area contributed by atoms with E-state index in [1.54, 1.807) is 0 Å². The molecule has 4 fully saturated rings. The molecule has 0 aromatic rings. The van der Waals surface area contributed by atoms with Crippen LogP contribution in [0, 0.1) is 34.5 Å². The fraction of sp³-hybridized carbons (Fsp3) is 0.842. The summed E-state index contributed by atoms with van der Waals surface area (Å²) in [5, 5.41) is 0. The lowest BCUT2D eigenvalue weighted by Crippen LogP contribution is -2.57. The van der Waals surface area contributed by atoms with Crippen molar-refractivity contribution in [3.8, 4) is 0 Å². The van der Waals surface area contributed by atoms with Gasteiger partial charge in [-0.3, -0.25) is 14.4 Å². The fourth-order valence-electron chi connectivity index (χ4n) is 6.64. The van der Waals surface area contributed by atoms with Crippen LogP contribution in [0.4, 0.5) is 0 Å². The van der Waals surface area contributed by atoms with Crippen molar-refractivity contribution in [2.45, 2.75) is 65.2 Å². The number of Topliss-reactive ketones (excluding diaryl/α,β-unsaturated/α-hetero) is 3. The summed E-state index contributed by atoms with van der Waals surface area (Å²) in [6.45, 7) is 4.30. The molecule has 4 aliphatic rings. The summed E-state index contributed by atoms with van der Waals surface area (Å²) >= 11 is 0. The average Bonchev–Trinajstić information content (AvgIpc) is 2.75. The molecule has 4 saturated carbocycles. The van der Waals surface area contributed by atoms with Gasteiger partial charge >= 0.3 is 0 Å². The predicted molar refractivity (Wildman–Crippen MR) is 82.1 cm³/mol. The first-order valence-corrected chi connectivity index (χ1v) is 8.94. The molecule has 0 amide bonds. The molecule has 0 bridgehead atoms. The molecule has 0 aliphatic heterocycles. The van der Waals surface area contributed by atoms with Crippen LogP contribution in [0.2, 0.25) is 0 Å². The summed E-state index contributed by atoms with van der Waals surface area (Å²) in [6, 6.07) is 0. The molecule has 2 unspecified atom stereocenters. The molecular weight excluding hydrogens is 276 g/mol. The second-order valence-electron chi connectivity index (χ2n) is 8.79. The lowest BCUT2D eigenvalue weighted by Gasteiger charge is -2.58. The first kappa shape index (κ1) is 14.6. The summed E-state index contributed by atoms with van der Waals surface area (Å²) in [7, 11) is 0. The van der Waals surface area contributed by atoms with Crippen LogP contribution in [0.1, 0.15) is 65.2 Å². The van der Waals surface area contributed by atoms with E-state index >= 15 is 0 Å². The minimum atomic E-state index is -0.383. The van der Waals surface area contributed by atoms with E-state index in [2.05, 4.69) is 6.92 Å². The van der Waals surface area contributed by atoms with Crippen molar-refractivity contribution < 1.29 is 14.4 Å². The molecular formula is C19H26O3. The summed E-state index contributed by atoms with van der Waals surface area (Å²) < 4.78 is 0. The Morgan fingerprint density at radius 1 is 1.00 bits per heavy atom. The highest BCUT2D eigenvalue weighted by Crippen LogP contribution is 2.64. The van der Waals surface area contributed by atoms with Gasteiger partial charge < -0.3 is 0 Å². The van der Waals surface area contributed by atoms with Gasteiger partial charge in [0.2, 0.25) is 0 Å². The maximum absolute atomic E-state index is 13.0. The first-order valence-electron chi connectivity index (χ1n) is 8.94. The quantitative estimate of drug-likeness (QED) is 0.689. The van der Waals surface area contributed by atoms with Crippen LogP contribution in [0.3, 0.4) is 0 Å². The van der Waals surface area contributed by atoms with E-state index in [-0.39, 0.29) is 16.7 Å². The highest BCUT2D eigenvalue weighted by atomic mass is 16.1. The monoisotopic (exact) mass is 302 g/mol. The maximum Gasteiger partial charge on any atom is 0.139 e. The smallest absolute Gasteiger partial charge is 0.139 e. The Hall–Kier alpha value is -0.990. The van der Waals surface area contributed by atoms with Crippen molar-refractivity contribution in [3.05, 3.63) is 0 Å². The van der Waals surface area contributed by atoms with Gasteiger partial charge in [0.25, 0.3) is 0 Å². The Bertz CT molecular complexity index is 565. The number of hydrogen-bond donors (Lipinski definition) is 0. The molecule has 0 aromatic carbocycles. The number of fused-ring (bicyclic) bond motifs is 5. The van der Waals surface area contributed by atoms with E-state index in [1.165, 1.54) is 0 Å². The number of ketones is 3. The van der Waals surface area contributed by atoms with Crippen LogP contribution in [-0.2, 0) is 14.4 Å². The van der Waals surface area contributed by atoms with Crippen molar-refractivity contribution in [1.29, 1.82) is 0 Å². The molecule has 0 heterocycles. The van der Waals surface area contributed by atoms with E-state index in [4.69, 9.17) is 0 Å². The summed E-state index contributed by atoms with van der Waals surface area (Å²) in [5.41, 5.74) is -0.382. The molecule has 4 aliphatic carbocycles. The second-order valence-corrected chi connectivity index (χ2v) is 8.79. The topological polar surface area (TPSA) is 51.2 Å². The fourth-order valence-corrected chi connectivity index (χ4v) is 6.64. The molecule has 4 rings (SSSR count). The number of rotatable bonds is 0. The number of carbonyl (C=O) groups excluding carboxylic acids is 3. The van der Waals surface area contributed by atoms with E-state index in [9.17, 15) is 14.4 Å². The van der Waals surface area contributed by atoms with E-state index in [1.807, 2.05) is 6.92 Å². The van der Waals surface area contributed by atoms with Crippen molar-refractivity contribution in [2.24, 2.45) is 34.5 Å². The minimum absolute atomic E-state index is 0.000871. The SMILES string of the molecule is CC12CC(=O)[C@H]3[C@@H](CC[C@H]4CC(=O)CCC43C)[C@@H]1CCC2=O. The average molecular weight is 302 g/mol. The molecule has 0 N–H and O–H groups in total. The van der Waals surface area contributed by atoms with Crippen molar-refractivity contribution in [1.82, 2.24) is 0 Å². The highest BCUT2D eigenvalue weighted by molar-refractivity contribution is 5.95. The van der Waals surface area contributed by atoms with Crippen molar-refractivity contribution in [3.63, 3.8) is 0 Å². The third kappa shape index (κ3) is 1.71. The van der Waals surface area contributed by atoms with Gasteiger partial charge in [0, 0.05) is 37.0 Å². The highest BCUT2D eigenvalue weighted by Gasteiger charge is 2.63. The summed E-state index contributed by atoms with van der Waals surface area (Å²) in [4.78, 5) is 37.2. The van der Waals surface area contributed by atoms with Crippen LogP contribution in [-0.4, -0.2) is 17.3 Å². The van der Waals surface area contributed by atoms with Crippen molar-refractivity contribution >= 4 is 17.3 Å². The lowest BCUT2D eigenvalue weighted by molar-refractivity contribution is -0.161. The van der Waals surface area contributed by atoms with Gasteiger partial charge in [-0.05, 0) is 48.9 Å². The lowest BCUT2D eigenvalue weighted by atomic mass is 9.45. The summed E-state index contributed by atoms with van der Waals surface area (Å²) in [6.07, 6.45) is 6.39. The normalized spacial score (nSPS) is 51.3. The summed E-state index contributed by atoms with van der Waals surface area (Å²) in [5.74, 6) is 2.29. The minimum Gasteiger partial charge on any atom is -0.300 e. The largest absolute Gasteiger partial charge is 0.300 e. The van der Waals surface area contributed by atoms with Crippen LogP contribution < -0.4 is 0 Å². The molecule has 0 spiro atoms. The van der Waals surface area contributed by atoms with Gasteiger partial charge in [-0.1, -0.05) is 13.8 Å². The first-order chi connectivity index (χ1) is 10.4. The molecule has 6 atom stereocenters. The van der Waals surface area contributed by atoms with Gasteiger partial charge in [-0.25, -0.2) is 0 Å². The number of carbonyl (C=O) groups is 3. The molecule has 0 saturated heterocycles. The number of hydrogen-bond acceptors (Lipinski definition) is 3. The predicted octanol–water partition coefficient (Wildman–Crippen LogP) is 3.35. The Morgan fingerprint density at radius 3 is 2.55 bits per heavy atom. The van der Waals surface area contributed by atoms with E-state index in [0.717, 1.165) is 25.7 Å². The van der Waals surface area contributed by atoms with Gasteiger partial charge in [0.1, 0.15) is 17.3 Å². The van der Waals surface area contributed by atoms with Crippen LogP contribution >= 0.6 is 0 Å². The molecule has 3 heteroatoms. The van der Waals surface area contributed by atoms with Crippen LogP contribution in [0.25, 0.3) is 0 Å². The Balaban J connectivity index is 1.72. The Morgan fingerprint density at radius 2 is 1.77 bits per heavy atom. The van der Waals surface area contributed by atoms with E-state index < -0.39 is 0 Å². The molecule has 22 heavy (non-hydrogen) atoms. The van der Waals surface area contributed by atoms with Gasteiger partial charge in [-0.2, -0.15) is 0 Å². The Kier molecular flexibility index (Phi) is 3.00.